The van der Waals surface area contributed by atoms with E-state index < -0.39 is 10.8 Å². The van der Waals surface area contributed by atoms with Crippen molar-refractivity contribution >= 4 is 28.6 Å². The molecule has 1 heterocycles. The average Bonchev–Trinajstić information content (AvgIpc) is 2.93. The molecular formula is C17H16N4O3. The third-order valence-electron chi connectivity index (χ3n) is 3.65. The molecule has 7 heteroatoms. The second-order valence-electron chi connectivity index (χ2n) is 5.34. The molecule has 3 aromatic rings. The molecule has 0 aliphatic rings. The third kappa shape index (κ3) is 2.96. The van der Waals surface area contributed by atoms with Crippen LogP contribution in [0, 0.1) is 10.1 Å². The van der Waals surface area contributed by atoms with Crippen LogP contribution >= 0.6 is 0 Å². The second-order valence-corrected chi connectivity index (χ2v) is 5.34. The number of hydrogen-bond donors (Lipinski definition) is 1. The van der Waals surface area contributed by atoms with E-state index in [2.05, 4.69) is 10.3 Å². The number of rotatable bonds is 5. The summed E-state index contributed by atoms with van der Waals surface area (Å²) in [4.78, 5) is 27.2. The molecule has 0 bridgehead atoms. The second kappa shape index (κ2) is 6.49. The minimum Gasteiger partial charge on any atom is -0.310 e. The maximum absolute atomic E-state index is 12.4. The Labute approximate surface area is 138 Å². The lowest BCUT2D eigenvalue weighted by atomic mass is 10.2. The van der Waals surface area contributed by atoms with E-state index in [1.807, 2.05) is 35.8 Å². The van der Waals surface area contributed by atoms with Gasteiger partial charge in [0.2, 0.25) is 5.95 Å². The molecule has 1 aromatic heterocycles. The van der Waals surface area contributed by atoms with Gasteiger partial charge >= 0.3 is 0 Å². The summed E-state index contributed by atoms with van der Waals surface area (Å²) in [6.07, 6.45) is 0.889. The Hall–Kier alpha value is -3.22. The van der Waals surface area contributed by atoms with Crippen LogP contribution in [0.25, 0.3) is 11.0 Å². The number of nitrogens with zero attached hydrogens (tertiary/aromatic N) is 3. The maximum Gasteiger partial charge on any atom is 0.270 e. The lowest BCUT2D eigenvalue weighted by Crippen LogP contribution is -2.16. The van der Waals surface area contributed by atoms with Crippen molar-refractivity contribution in [2.45, 2.75) is 19.9 Å². The van der Waals surface area contributed by atoms with Gasteiger partial charge in [-0.1, -0.05) is 25.1 Å². The zero-order chi connectivity index (χ0) is 17.1. The van der Waals surface area contributed by atoms with Gasteiger partial charge in [-0.2, -0.15) is 0 Å². The lowest BCUT2D eigenvalue weighted by molar-refractivity contribution is -0.384. The number of nitro benzene ring substituents is 1. The van der Waals surface area contributed by atoms with Gasteiger partial charge in [0.15, 0.2) is 0 Å². The highest BCUT2D eigenvalue weighted by Gasteiger charge is 2.16. The molecular weight excluding hydrogens is 308 g/mol. The van der Waals surface area contributed by atoms with E-state index in [1.54, 1.807) is 0 Å². The van der Waals surface area contributed by atoms with Gasteiger partial charge in [0.05, 0.1) is 16.0 Å². The van der Waals surface area contributed by atoms with Crippen molar-refractivity contribution in [1.82, 2.24) is 9.55 Å². The fourth-order valence-electron chi connectivity index (χ4n) is 2.56. The van der Waals surface area contributed by atoms with Gasteiger partial charge in [-0.25, -0.2) is 4.98 Å². The predicted molar refractivity (Wildman–Crippen MR) is 91.1 cm³/mol. The molecule has 24 heavy (non-hydrogen) atoms. The molecule has 0 radical (unpaired) electrons. The number of anilines is 1. The van der Waals surface area contributed by atoms with Gasteiger partial charge in [-0.15, -0.1) is 0 Å². The minimum atomic E-state index is -0.525. The number of non-ortho nitro benzene ring substituents is 1. The molecule has 0 spiro atoms. The van der Waals surface area contributed by atoms with Crippen molar-refractivity contribution in [3.63, 3.8) is 0 Å². The third-order valence-corrected chi connectivity index (χ3v) is 3.65. The summed E-state index contributed by atoms with van der Waals surface area (Å²) in [7, 11) is 0. The molecule has 0 aliphatic heterocycles. The number of imidazole rings is 1. The molecule has 2 aromatic carbocycles. The minimum absolute atomic E-state index is 0.121. The molecule has 1 N–H and O–H groups in total. The number of nitro groups is 1. The molecule has 0 saturated heterocycles. The summed E-state index contributed by atoms with van der Waals surface area (Å²) >= 11 is 0. The first-order valence-electron chi connectivity index (χ1n) is 7.61. The summed E-state index contributed by atoms with van der Waals surface area (Å²) in [5.74, 6) is 0.0147. The standard InChI is InChI=1S/C17H16N4O3/c1-2-10-20-15-9-4-3-8-14(15)18-17(20)19-16(22)12-6-5-7-13(11-12)21(23)24/h3-9,11H,2,10H2,1H3,(H,18,19,22). The van der Waals surface area contributed by atoms with Crippen molar-refractivity contribution < 1.29 is 9.72 Å². The number of fused-ring (bicyclic) bond motifs is 1. The van der Waals surface area contributed by atoms with E-state index in [4.69, 9.17) is 0 Å². The normalized spacial score (nSPS) is 10.7. The number of para-hydroxylation sites is 2. The van der Waals surface area contributed by atoms with Crippen molar-refractivity contribution in [3.05, 3.63) is 64.2 Å². The zero-order valence-electron chi connectivity index (χ0n) is 13.1. The van der Waals surface area contributed by atoms with Crippen molar-refractivity contribution in [2.75, 3.05) is 5.32 Å². The number of aryl methyl sites for hydroxylation is 1. The smallest absolute Gasteiger partial charge is 0.270 e. The quantitative estimate of drug-likeness (QED) is 0.573. The number of carbonyl (C=O) groups is 1. The van der Waals surface area contributed by atoms with Gasteiger partial charge in [0.1, 0.15) is 0 Å². The van der Waals surface area contributed by atoms with Crippen molar-refractivity contribution in [2.24, 2.45) is 0 Å². The van der Waals surface area contributed by atoms with Crippen LogP contribution < -0.4 is 5.32 Å². The van der Waals surface area contributed by atoms with Crippen LogP contribution in [-0.2, 0) is 6.54 Å². The number of amides is 1. The van der Waals surface area contributed by atoms with Crippen LogP contribution in [0.15, 0.2) is 48.5 Å². The van der Waals surface area contributed by atoms with E-state index in [-0.39, 0.29) is 11.3 Å². The fraction of sp³-hybridized carbons (Fsp3) is 0.176. The Bertz CT molecular complexity index is 917. The Balaban J connectivity index is 1.94. The molecule has 0 atom stereocenters. The van der Waals surface area contributed by atoms with E-state index in [0.29, 0.717) is 12.5 Å². The van der Waals surface area contributed by atoms with E-state index in [0.717, 1.165) is 17.5 Å². The first kappa shape index (κ1) is 15.7. The van der Waals surface area contributed by atoms with Crippen LogP contribution in [0.5, 0.6) is 0 Å². The van der Waals surface area contributed by atoms with Crippen LogP contribution in [0.4, 0.5) is 11.6 Å². The van der Waals surface area contributed by atoms with Gasteiger partial charge in [0, 0.05) is 24.2 Å². The summed E-state index contributed by atoms with van der Waals surface area (Å²) in [6, 6.07) is 13.3. The molecule has 0 aliphatic carbocycles. The highest BCUT2D eigenvalue weighted by Crippen LogP contribution is 2.21. The first-order chi connectivity index (χ1) is 11.6. The summed E-state index contributed by atoms with van der Waals surface area (Å²) in [5.41, 5.74) is 1.83. The monoisotopic (exact) mass is 324 g/mol. The van der Waals surface area contributed by atoms with Crippen molar-refractivity contribution in [1.29, 1.82) is 0 Å². The molecule has 0 saturated carbocycles. The summed E-state index contributed by atoms with van der Waals surface area (Å²) < 4.78 is 1.94. The Kier molecular flexibility index (Phi) is 4.24. The van der Waals surface area contributed by atoms with Gasteiger partial charge in [0.25, 0.3) is 11.6 Å². The number of carbonyl (C=O) groups excluding carboxylic acids is 1. The molecule has 122 valence electrons. The highest BCUT2D eigenvalue weighted by atomic mass is 16.6. The molecule has 7 nitrogen and oxygen atoms in total. The van der Waals surface area contributed by atoms with Crippen LogP contribution in [0.1, 0.15) is 23.7 Å². The molecule has 0 unspecified atom stereocenters. The van der Waals surface area contributed by atoms with Crippen molar-refractivity contribution in [3.8, 4) is 0 Å². The number of aromatic nitrogens is 2. The highest BCUT2D eigenvalue weighted by molar-refractivity contribution is 6.04. The van der Waals surface area contributed by atoms with E-state index >= 15 is 0 Å². The predicted octanol–water partition coefficient (Wildman–Crippen LogP) is 3.61. The van der Waals surface area contributed by atoms with Gasteiger partial charge < -0.3 is 4.57 Å². The molecule has 3 rings (SSSR count). The average molecular weight is 324 g/mol. The Morgan fingerprint density at radius 1 is 1.25 bits per heavy atom. The number of benzene rings is 2. The SMILES string of the molecule is CCCn1c(NC(=O)c2cccc([N+](=O)[O-])c2)nc2ccccc21. The zero-order valence-corrected chi connectivity index (χ0v) is 13.1. The molecule has 0 fully saturated rings. The number of hydrogen-bond acceptors (Lipinski definition) is 4. The molecule has 1 amide bonds. The van der Waals surface area contributed by atoms with Gasteiger partial charge in [-0.3, -0.25) is 20.2 Å². The fourth-order valence-corrected chi connectivity index (χ4v) is 2.56. The van der Waals surface area contributed by atoms with E-state index in [9.17, 15) is 14.9 Å². The topological polar surface area (TPSA) is 90.1 Å². The Morgan fingerprint density at radius 2 is 2.04 bits per heavy atom. The summed E-state index contributed by atoms with van der Waals surface area (Å²) in [5, 5.41) is 13.6. The summed E-state index contributed by atoms with van der Waals surface area (Å²) in [6.45, 7) is 2.76. The van der Waals surface area contributed by atoms with Crippen LogP contribution in [-0.4, -0.2) is 20.4 Å². The first-order valence-corrected chi connectivity index (χ1v) is 7.61. The van der Waals surface area contributed by atoms with E-state index in [1.165, 1.54) is 24.3 Å². The number of nitrogens with one attached hydrogen (secondary N) is 1. The van der Waals surface area contributed by atoms with Crippen LogP contribution in [0.3, 0.4) is 0 Å². The van der Waals surface area contributed by atoms with Crippen LogP contribution in [0.2, 0.25) is 0 Å². The Morgan fingerprint density at radius 3 is 2.79 bits per heavy atom. The maximum atomic E-state index is 12.4. The van der Waals surface area contributed by atoms with Gasteiger partial charge in [-0.05, 0) is 24.6 Å². The largest absolute Gasteiger partial charge is 0.310 e. The lowest BCUT2D eigenvalue weighted by Gasteiger charge is -2.09.